The summed E-state index contributed by atoms with van der Waals surface area (Å²) in [5.74, 6) is 0.161. The molecular weight excluding hydrogens is 374 g/mol. The van der Waals surface area contributed by atoms with Gasteiger partial charge in [0.1, 0.15) is 0 Å². The predicted molar refractivity (Wildman–Crippen MR) is 118 cm³/mol. The van der Waals surface area contributed by atoms with Crippen LogP contribution in [0.2, 0.25) is 0 Å². The third-order valence-electron chi connectivity index (χ3n) is 5.62. The van der Waals surface area contributed by atoms with E-state index in [1.807, 2.05) is 20.8 Å². The molecule has 0 rings (SSSR count). The minimum Gasteiger partial charge on any atom is -0.325 e. The first-order valence-electron chi connectivity index (χ1n) is 10.2. The van der Waals surface area contributed by atoms with E-state index in [2.05, 4.69) is 20.4 Å². The van der Waals surface area contributed by atoms with Crippen LogP contribution in [-0.4, -0.2) is 11.3 Å². The van der Waals surface area contributed by atoms with Crippen LogP contribution in [0, 0.1) is 5.41 Å². The molecule has 0 aromatic rings. The van der Waals surface area contributed by atoms with Crippen LogP contribution in [0.15, 0.2) is 12.2 Å². The van der Waals surface area contributed by atoms with Crippen LogP contribution in [0.1, 0.15) is 112 Å². The molecule has 3 heteroatoms. The number of carbonyl (C=O) groups excluding carboxylic acids is 1. The smallest absolute Gasteiger partial charge is 0.165 e. The van der Waals surface area contributed by atoms with E-state index in [1.54, 1.807) is 0 Å². The van der Waals surface area contributed by atoms with Crippen LogP contribution in [0.4, 0.5) is 0 Å². The molecule has 25 heavy (non-hydrogen) atoms. The molecule has 0 aliphatic carbocycles. The fourth-order valence-corrected chi connectivity index (χ4v) is 3.84. The number of allylic oxidation sites excluding steroid dienone is 1. The minimum absolute atomic E-state index is 0. The molecule has 150 valence electrons. The standard InChI is InChI=1S/C22H43NO.BrH/c1-7-9-10-11-12-13-14-15-16-17-18-22(8-2,21(5,6)23)20(24)19(3)4;/h3,7-18,23H2,1-2,4-6H3;1H. The van der Waals surface area contributed by atoms with Gasteiger partial charge in [-0.1, -0.05) is 84.6 Å². The lowest BCUT2D eigenvalue weighted by molar-refractivity contribution is -0.129. The summed E-state index contributed by atoms with van der Waals surface area (Å²) >= 11 is 0. The van der Waals surface area contributed by atoms with Crippen molar-refractivity contribution in [2.24, 2.45) is 11.1 Å². The largest absolute Gasteiger partial charge is 0.325 e. The first kappa shape index (κ1) is 27.1. The van der Waals surface area contributed by atoms with E-state index in [0.717, 1.165) is 19.3 Å². The van der Waals surface area contributed by atoms with E-state index in [4.69, 9.17) is 5.73 Å². The summed E-state index contributed by atoms with van der Waals surface area (Å²) in [5, 5.41) is 0. The average Bonchev–Trinajstić information content (AvgIpc) is 2.51. The van der Waals surface area contributed by atoms with Gasteiger partial charge in [0.2, 0.25) is 0 Å². The van der Waals surface area contributed by atoms with Gasteiger partial charge in [-0.15, -0.1) is 17.0 Å². The molecule has 0 spiro atoms. The molecule has 2 nitrogen and oxygen atoms in total. The maximum atomic E-state index is 12.8. The topological polar surface area (TPSA) is 43.1 Å². The highest BCUT2D eigenvalue weighted by atomic mass is 79.9. The van der Waals surface area contributed by atoms with Crippen LogP contribution < -0.4 is 5.73 Å². The number of unbranched alkanes of at least 4 members (excludes halogenated alkanes) is 9. The molecule has 0 radical (unpaired) electrons. The lowest BCUT2D eigenvalue weighted by Gasteiger charge is -2.43. The molecule has 0 aliphatic rings. The Kier molecular flexibility index (Phi) is 15.1. The second kappa shape index (κ2) is 14.0. The maximum Gasteiger partial charge on any atom is 0.165 e. The highest BCUT2D eigenvalue weighted by Gasteiger charge is 2.46. The van der Waals surface area contributed by atoms with Crippen molar-refractivity contribution in [3.8, 4) is 0 Å². The van der Waals surface area contributed by atoms with Crippen LogP contribution in [0.5, 0.6) is 0 Å². The van der Waals surface area contributed by atoms with E-state index >= 15 is 0 Å². The second-order valence-electron chi connectivity index (χ2n) is 8.20. The fourth-order valence-electron chi connectivity index (χ4n) is 3.84. The Balaban J connectivity index is 0. The maximum absolute atomic E-state index is 12.8. The lowest BCUT2D eigenvalue weighted by atomic mass is 9.63. The van der Waals surface area contributed by atoms with Crippen LogP contribution in [-0.2, 0) is 4.79 Å². The van der Waals surface area contributed by atoms with Crippen molar-refractivity contribution in [1.29, 1.82) is 0 Å². The van der Waals surface area contributed by atoms with Gasteiger partial charge in [0.05, 0.1) is 5.41 Å². The molecular formula is C22H44BrNO. The number of nitrogens with two attached hydrogens (primary N) is 1. The van der Waals surface area contributed by atoms with Gasteiger partial charge in [-0.05, 0) is 39.2 Å². The van der Waals surface area contributed by atoms with Crippen LogP contribution >= 0.6 is 17.0 Å². The van der Waals surface area contributed by atoms with E-state index in [9.17, 15) is 4.79 Å². The second-order valence-corrected chi connectivity index (χ2v) is 8.20. The normalized spacial score (nSPS) is 13.8. The van der Waals surface area contributed by atoms with Crippen molar-refractivity contribution in [3.05, 3.63) is 12.2 Å². The molecule has 0 aromatic heterocycles. The Hall–Kier alpha value is -0.150. The van der Waals surface area contributed by atoms with E-state index in [0.29, 0.717) is 5.57 Å². The van der Waals surface area contributed by atoms with Crippen molar-refractivity contribution < 1.29 is 4.79 Å². The van der Waals surface area contributed by atoms with Crippen molar-refractivity contribution in [1.82, 2.24) is 0 Å². The summed E-state index contributed by atoms with van der Waals surface area (Å²) in [4.78, 5) is 12.8. The minimum atomic E-state index is -0.503. The highest BCUT2D eigenvalue weighted by molar-refractivity contribution is 8.93. The first-order chi connectivity index (χ1) is 11.2. The Morgan fingerprint density at radius 1 is 0.880 bits per heavy atom. The molecule has 0 saturated heterocycles. The molecule has 0 bridgehead atoms. The van der Waals surface area contributed by atoms with E-state index < -0.39 is 11.0 Å². The summed E-state index contributed by atoms with van der Waals surface area (Å²) in [6.45, 7) is 14.0. The summed E-state index contributed by atoms with van der Waals surface area (Å²) in [6, 6.07) is 0. The number of rotatable bonds is 15. The van der Waals surface area contributed by atoms with Crippen molar-refractivity contribution in [2.45, 2.75) is 117 Å². The molecule has 0 amide bonds. The number of hydrogen-bond donors (Lipinski definition) is 1. The molecule has 0 aromatic carbocycles. The third kappa shape index (κ3) is 9.38. The average molecular weight is 419 g/mol. The van der Waals surface area contributed by atoms with E-state index in [-0.39, 0.29) is 22.8 Å². The first-order valence-corrected chi connectivity index (χ1v) is 10.2. The summed E-state index contributed by atoms with van der Waals surface area (Å²) in [6.07, 6.45) is 14.8. The number of carbonyl (C=O) groups is 1. The Morgan fingerprint density at radius 3 is 1.60 bits per heavy atom. The Morgan fingerprint density at radius 2 is 1.28 bits per heavy atom. The highest BCUT2D eigenvalue weighted by Crippen LogP contribution is 2.41. The SMILES string of the molecule is Br.C=C(C)C(=O)C(CC)(CCCCCCCCCCCC)C(C)(C)N. The number of ketones is 1. The van der Waals surface area contributed by atoms with Gasteiger partial charge >= 0.3 is 0 Å². The van der Waals surface area contributed by atoms with E-state index in [1.165, 1.54) is 57.8 Å². The molecule has 1 unspecified atom stereocenters. The van der Waals surface area contributed by atoms with Gasteiger partial charge in [0, 0.05) is 5.54 Å². The third-order valence-corrected chi connectivity index (χ3v) is 5.62. The summed E-state index contributed by atoms with van der Waals surface area (Å²) < 4.78 is 0. The zero-order valence-corrected chi connectivity index (χ0v) is 19.3. The van der Waals surface area contributed by atoms with Crippen molar-refractivity contribution in [2.75, 3.05) is 0 Å². The van der Waals surface area contributed by atoms with Gasteiger partial charge in [-0.25, -0.2) is 0 Å². The number of Topliss-reactive ketones (excluding diaryl/α,β-unsaturated/α-hetero) is 1. The number of halogens is 1. The van der Waals surface area contributed by atoms with Crippen molar-refractivity contribution in [3.63, 3.8) is 0 Å². The monoisotopic (exact) mass is 417 g/mol. The zero-order chi connectivity index (χ0) is 18.6. The van der Waals surface area contributed by atoms with Gasteiger partial charge < -0.3 is 5.73 Å². The molecule has 0 aliphatic heterocycles. The van der Waals surface area contributed by atoms with Gasteiger partial charge in [-0.3, -0.25) is 4.79 Å². The summed E-state index contributed by atoms with van der Waals surface area (Å²) in [7, 11) is 0. The lowest BCUT2D eigenvalue weighted by Crippen LogP contribution is -2.55. The summed E-state index contributed by atoms with van der Waals surface area (Å²) in [5.41, 5.74) is 6.10. The zero-order valence-electron chi connectivity index (χ0n) is 17.6. The van der Waals surface area contributed by atoms with Crippen LogP contribution in [0.25, 0.3) is 0 Å². The predicted octanol–water partition coefficient (Wildman–Crippen LogP) is 7.15. The van der Waals surface area contributed by atoms with Gasteiger partial charge in [0.15, 0.2) is 5.78 Å². The Labute approximate surface area is 168 Å². The van der Waals surface area contributed by atoms with Crippen LogP contribution in [0.3, 0.4) is 0 Å². The molecule has 2 N–H and O–H groups in total. The van der Waals surface area contributed by atoms with Crippen molar-refractivity contribution >= 4 is 22.8 Å². The van der Waals surface area contributed by atoms with Gasteiger partial charge in [-0.2, -0.15) is 0 Å². The molecule has 0 fully saturated rings. The van der Waals surface area contributed by atoms with Gasteiger partial charge in [0.25, 0.3) is 0 Å². The Bertz CT molecular complexity index is 373. The molecule has 1 atom stereocenters. The number of hydrogen-bond acceptors (Lipinski definition) is 2. The quantitative estimate of drug-likeness (QED) is 0.227. The molecule has 0 heterocycles. The molecule has 0 saturated carbocycles. The fraction of sp³-hybridized carbons (Fsp3) is 0.864.